The van der Waals surface area contributed by atoms with E-state index in [-0.39, 0.29) is 16.7 Å². The first kappa shape index (κ1) is 21.2. The maximum atomic E-state index is 13.1. The molecule has 8 heteroatoms. The van der Waals surface area contributed by atoms with Crippen LogP contribution in [0.2, 0.25) is 0 Å². The van der Waals surface area contributed by atoms with Crippen molar-refractivity contribution < 1.29 is 13.2 Å². The summed E-state index contributed by atoms with van der Waals surface area (Å²) in [4.78, 5) is 19.5. The number of fused-ring (bicyclic) bond motifs is 1. The number of benzene rings is 1. The number of carbonyl (C=O) groups excluding carboxylic acids is 1. The van der Waals surface area contributed by atoms with Crippen molar-refractivity contribution in [2.45, 2.75) is 57.9 Å². The lowest BCUT2D eigenvalue weighted by molar-refractivity contribution is -0.135. The van der Waals surface area contributed by atoms with Crippen molar-refractivity contribution in [1.29, 1.82) is 0 Å². The number of carbonyl (C=O) groups is 1. The Bertz CT molecular complexity index is 953. The quantitative estimate of drug-likeness (QED) is 0.770. The van der Waals surface area contributed by atoms with E-state index in [0.29, 0.717) is 25.4 Å². The molecule has 3 rings (SSSR count). The highest BCUT2D eigenvalue weighted by atomic mass is 32.2. The van der Waals surface area contributed by atoms with E-state index < -0.39 is 16.1 Å². The van der Waals surface area contributed by atoms with Crippen LogP contribution in [0.15, 0.2) is 23.1 Å². The molecular weight excluding hydrogens is 394 g/mol. The van der Waals surface area contributed by atoms with Gasteiger partial charge in [0, 0.05) is 13.1 Å². The second-order valence-corrected chi connectivity index (χ2v) is 11.1. The molecule has 1 saturated heterocycles. The fraction of sp³-hybridized carbons (Fsp3) is 0.600. The molecule has 1 aromatic heterocycles. The average Bonchev–Trinajstić information content (AvgIpc) is 2.99. The highest BCUT2D eigenvalue weighted by molar-refractivity contribution is 7.89. The highest BCUT2D eigenvalue weighted by Gasteiger charge is 2.31. The van der Waals surface area contributed by atoms with Crippen molar-refractivity contribution in [1.82, 2.24) is 14.6 Å². The van der Waals surface area contributed by atoms with Gasteiger partial charge in [0.2, 0.25) is 15.9 Å². The minimum atomic E-state index is -3.80. The number of likely N-dealkylation sites (tertiary alicyclic amines) is 1. The second-order valence-electron chi connectivity index (χ2n) is 8.20. The molecule has 0 radical (unpaired) electrons. The minimum absolute atomic E-state index is 0.112. The van der Waals surface area contributed by atoms with Gasteiger partial charge in [0.05, 0.1) is 20.1 Å². The number of piperidine rings is 1. The normalized spacial score (nSPS) is 19.3. The van der Waals surface area contributed by atoms with Gasteiger partial charge in [-0.3, -0.25) is 4.79 Å². The molecule has 1 amide bonds. The second kappa shape index (κ2) is 8.47. The molecule has 0 aliphatic carbocycles. The largest absolute Gasteiger partial charge is 0.341 e. The van der Waals surface area contributed by atoms with Gasteiger partial charge in [-0.15, -0.1) is 11.3 Å². The Hall–Kier alpha value is -1.51. The van der Waals surface area contributed by atoms with E-state index in [9.17, 15) is 13.2 Å². The predicted molar refractivity (Wildman–Crippen MR) is 113 cm³/mol. The van der Waals surface area contributed by atoms with E-state index in [2.05, 4.69) is 16.6 Å². The molecule has 0 saturated carbocycles. The van der Waals surface area contributed by atoms with Gasteiger partial charge in [-0.05, 0) is 56.2 Å². The molecule has 0 bridgehead atoms. The smallest absolute Gasteiger partial charge is 0.241 e. The van der Waals surface area contributed by atoms with Crippen LogP contribution in [0.25, 0.3) is 10.2 Å². The highest BCUT2D eigenvalue weighted by Crippen LogP contribution is 2.25. The number of hydrogen-bond donors (Lipinski definition) is 1. The third kappa shape index (κ3) is 4.90. The van der Waals surface area contributed by atoms with Crippen molar-refractivity contribution in [3.8, 4) is 0 Å². The topological polar surface area (TPSA) is 79.4 Å². The number of amides is 1. The molecule has 1 aromatic carbocycles. The first-order chi connectivity index (χ1) is 13.2. The summed E-state index contributed by atoms with van der Waals surface area (Å²) in [6.07, 6.45) is 2.55. The lowest BCUT2D eigenvalue weighted by atomic mass is 9.98. The van der Waals surface area contributed by atoms with Crippen LogP contribution >= 0.6 is 11.3 Å². The lowest BCUT2D eigenvalue weighted by Crippen LogP contribution is -2.51. The first-order valence-corrected chi connectivity index (χ1v) is 12.1. The number of thiazole rings is 1. The van der Waals surface area contributed by atoms with Gasteiger partial charge in [-0.25, -0.2) is 13.4 Å². The van der Waals surface area contributed by atoms with E-state index in [1.165, 1.54) is 11.3 Å². The SMILES string of the molecule is Cc1nc2ccc(S(=O)(=O)N[C@H](CC(C)C)C(=O)N3CCC[C@@H](C)C3)cc2s1. The number of rotatable bonds is 6. The van der Waals surface area contributed by atoms with Crippen LogP contribution in [0.5, 0.6) is 0 Å². The van der Waals surface area contributed by atoms with Crippen molar-refractivity contribution in [3.63, 3.8) is 0 Å². The molecule has 6 nitrogen and oxygen atoms in total. The van der Waals surface area contributed by atoms with Crippen LogP contribution in [-0.2, 0) is 14.8 Å². The summed E-state index contributed by atoms with van der Waals surface area (Å²) < 4.78 is 29.6. The molecular formula is C20H29N3O3S2. The zero-order valence-corrected chi connectivity index (χ0v) is 18.6. The van der Waals surface area contributed by atoms with Crippen molar-refractivity contribution in [2.24, 2.45) is 11.8 Å². The van der Waals surface area contributed by atoms with Gasteiger partial charge >= 0.3 is 0 Å². The Labute approximate surface area is 171 Å². The molecule has 0 spiro atoms. The third-order valence-electron chi connectivity index (χ3n) is 5.05. The molecule has 2 heterocycles. The van der Waals surface area contributed by atoms with E-state index in [1.54, 1.807) is 18.2 Å². The number of aromatic nitrogens is 1. The van der Waals surface area contributed by atoms with Gasteiger partial charge in [0.1, 0.15) is 6.04 Å². The summed E-state index contributed by atoms with van der Waals surface area (Å²) in [5.74, 6) is 0.537. The van der Waals surface area contributed by atoms with Crippen LogP contribution in [0.3, 0.4) is 0 Å². The van der Waals surface area contributed by atoms with Gasteiger partial charge in [-0.2, -0.15) is 4.72 Å². The zero-order chi connectivity index (χ0) is 20.5. The van der Waals surface area contributed by atoms with Crippen LogP contribution in [0, 0.1) is 18.8 Å². The molecule has 2 atom stereocenters. The molecule has 1 fully saturated rings. The van der Waals surface area contributed by atoms with E-state index in [4.69, 9.17) is 0 Å². The summed E-state index contributed by atoms with van der Waals surface area (Å²) in [5, 5.41) is 0.893. The molecule has 154 valence electrons. The summed E-state index contributed by atoms with van der Waals surface area (Å²) in [6, 6.07) is 4.18. The fourth-order valence-corrected chi connectivity index (χ4v) is 5.89. The molecule has 0 unspecified atom stereocenters. The Balaban J connectivity index is 1.84. The van der Waals surface area contributed by atoms with E-state index in [0.717, 1.165) is 28.1 Å². The molecule has 1 aliphatic heterocycles. The Kier molecular flexibility index (Phi) is 6.41. The maximum Gasteiger partial charge on any atom is 0.241 e. The Morgan fingerprint density at radius 1 is 1.39 bits per heavy atom. The molecule has 28 heavy (non-hydrogen) atoms. The van der Waals surface area contributed by atoms with E-state index in [1.807, 2.05) is 25.7 Å². The Morgan fingerprint density at radius 2 is 2.14 bits per heavy atom. The van der Waals surface area contributed by atoms with Crippen LogP contribution in [-0.4, -0.2) is 43.3 Å². The molecule has 2 aromatic rings. The van der Waals surface area contributed by atoms with Gasteiger partial charge in [-0.1, -0.05) is 20.8 Å². The zero-order valence-electron chi connectivity index (χ0n) is 16.9. The average molecular weight is 424 g/mol. The monoisotopic (exact) mass is 423 g/mol. The van der Waals surface area contributed by atoms with Crippen LogP contribution in [0.1, 0.15) is 45.0 Å². The van der Waals surface area contributed by atoms with Crippen molar-refractivity contribution >= 4 is 37.5 Å². The van der Waals surface area contributed by atoms with Gasteiger partial charge in [0.25, 0.3) is 0 Å². The first-order valence-electron chi connectivity index (χ1n) is 9.84. The minimum Gasteiger partial charge on any atom is -0.341 e. The van der Waals surface area contributed by atoms with Crippen LogP contribution in [0.4, 0.5) is 0 Å². The van der Waals surface area contributed by atoms with Crippen molar-refractivity contribution in [2.75, 3.05) is 13.1 Å². The number of nitrogens with one attached hydrogen (secondary N) is 1. The third-order valence-corrected chi connectivity index (χ3v) is 7.45. The molecule has 1 N–H and O–H groups in total. The fourth-order valence-electron chi connectivity index (χ4n) is 3.72. The van der Waals surface area contributed by atoms with Gasteiger partial charge < -0.3 is 4.90 Å². The van der Waals surface area contributed by atoms with Gasteiger partial charge in [0.15, 0.2) is 0 Å². The summed E-state index contributed by atoms with van der Waals surface area (Å²) in [6.45, 7) is 9.42. The summed E-state index contributed by atoms with van der Waals surface area (Å²) >= 11 is 1.46. The Morgan fingerprint density at radius 3 is 2.82 bits per heavy atom. The number of aryl methyl sites for hydroxylation is 1. The summed E-state index contributed by atoms with van der Waals surface area (Å²) in [5.41, 5.74) is 0.790. The van der Waals surface area contributed by atoms with Crippen LogP contribution < -0.4 is 4.72 Å². The number of hydrogen-bond acceptors (Lipinski definition) is 5. The predicted octanol–water partition coefficient (Wildman–Crippen LogP) is 3.56. The summed E-state index contributed by atoms with van der Waals surface area (Å²) in [7, 11) is -3.80. The van der Waals surface area contributed by atoms with E-state index >= 15 is 0 Å². The number of nitrogens with zero attached hydrogens (tertiary/aromatic N) is 2. The maximum absolute atomic E-state index is 13.1. The molecule has 1 aliphatic rings. The standard InChI is InChI=1S/C20H29N3O3S2/c1-13(2)10-18(20(24)23-9-5-6-14(3)12-23)22-28(25,26)16-7-8-17-19(11-16)27-15(4)21-17/h7-8,11,13-14,18,22H,5-6,9-10,12H2,1-4H3/t14-,18-/m1/s1. The number of sulfonamides is 1. The lowest BCUT2D eigenvalue weighted by Gasteiger charge is -2.34. The van der Waals surface area contributed by atoms with Crippen molar-refractivity contribution in [3.05, 3.63) is 23.2 Å².